The summed E-state index contributed by atoms with van der Waals surface area (Å²) in [5.41, 5.74) is 3.68. The lowest BCUT2D eigenvalue weighted by Gasteiger charge is -2.09. The van der Waals surface area contributed by atoms with E-state index >= 15 is 0 Å². The number of anilines is 1. The Labute approximate surface area is 128 Å². The predicted octanol–water partition coefficient (Wildman–Crippen LogP) is 3.64. The van der Waals surface area contributed by atoms with Gasteiger partial charge in [-0.3, -0.25) is 14.9 Å². The van der Waals surface area contributed by atoms with Crippen LogP contribution in [0.25, 0.3) is 0 Å². The molecule has 0 atom stereocenters. The number of carbonyl (C=O) groups excluding carboxylic acids is 1. The molecule has 0 aromatic heterocycles. The topological polar surface area (TPSA) is 72.2 Å². The van der Waals surface area contributed by atoms with Gasteiger partial charge in [-0.05, 0) is 55.5 Å². The third-order valence-corrected chi connectivity index (χ3v) is 4.02. The van der Waals surface area contributed by atoms with Crippen LogP contribution >= 0.6 is 0 Å². The Morgan fingerprint density at radius 2 is 1.95 bits per heavy atom. The fourth-order valence-corrected chi connectivity index (χ4v) is 2.93. The minimum absolute atomic E-state index is 0.0884. The summed E-state index contributed by atoms with van der Waals surface area (Å²) in [6.45, 7) is 1.63. The molecule has 0 fully saturated rings. The molecule has 0 heterocycles. The Hall–Kier alpha value is -2.69. The van der Waals surface area contributed by atoms with Gasteiger partial charge >= 0.3 is 0 Å². The quantitative estimate of drug-likeness (QED) is 0.694. The predicted molar refractivity (Wildman–Crippen MR) is 84.3 cm³/mol. The average Bonchev–Trinajstić information content (AvgIpc) is 2.94. The summed E-state index contributed by atoms with van der Waals surface area (Å²) in [6, 6.07) is 10.6. The van der Waals surface area contributed by atoms with Crippen molar-refractivity contribution in [2.75, 3.05) is 5.32 Å². The van der Waals surface area contributed by atoms with Crippen LogP contribution in [0.4, 0.5) is 11.4 Å². The van der Waals surface area contributed by atoms with Crippen LogP contribution in [0.5, 0.6) is 0 Å². The van der Waals surface area contributed by atoms with E-state index in [2.05, 4.69) is 5.32 Å². The van der Waals surface area contributed by atoms with Gasteiger partial charge in [-0.15, -0.1) is 0 Å². The van der Waals surface area contributed by atoms with E-state index < -0.39 is 10.8 Å². The number of nitrogens with one attached hydrogen (secondary N) is 1. The third kappa shape index (κ3) is 2.57. The number of nitrogens with zero attached hydrogens (tertiary/aromatic N) is 1. The highest BCUT2D eigenvalue weighted by atomic mass is 16.6. The lowest BCUT2D eigenvalue weighted by Crippen LogP contribution is -2.14. The van der Waals surface area contributed by atoms with Crippen LogP contribution in [-0.4, -0.2) is 10.8 Å². The molecule has 22 heavy (non-hydrogen) atoms. The summed E-state index contributed by atoms with van der Waals surface area (Å²) in [7, 11) is 0. The number of nitro benzene ring substituents is 1. The molecule has 0 bridgehead atoms. The van der Waals surface area contributed by atoms with Crippen molar-refractivity contribution in [2.45, 2.75) is 26.2 Å². The van der Waals surface area contributed by atoms with E-state index in [0.717, 1.165) is 19.3 Å². The first-order valence-corrected chi connectivity index (χ1v) is 7.23. The van der Waals surface area contributed by atoms with Gasteiger partial charge in [0.05, 0.1) is 4.92 Å². The van der Waals surface area contributed by atoms with Gasteiger partial charge in [-0.2, -0.15) is 0 Å². The molecule has 1 aliphatic rings. The molecule has 0 aliphatic heterocycles. The van der Waals surface area contributed by atoms with Crippen molar-refractivity contribution in [3.05, 3.63) is 68.8 Å². The highest BCUT2D eigenvalue weighted by Gasteiger charge is 2.22. The summed E-state index contributed by atoms with van der Waals surface area (Å²) < 4.78 is 0. The Bertz CT molecular complexity index is 768. The molecule has 5 nitrogen and oxygen atoms in total. The van der Waals surface area contributed by atoms with Crippen molar-refractivity contribution in [3.8, 4) is 0 Å². The summed E-state index contributed by atoms with van der Waals surface area (Å²) in [5, 5.41) is 13.9. The van der Waals surface area contributed by atoms with Crippen molar-refractivity contribution in [1.29, 1.82) is 0 Å². The number of aryl methyl sites for hydroxylation is 3. The molecule has 1 aliphatic carbocycles. The number of fused-ring (bicyclic) bond motifs is 1. The van der Waals surface area contributed by atoms with Crippen LogP contribution in [0, 0.1) is 17.0 Å². The fourth-order valence-electron chi connectivity index (χ4n) is 2.93. The first-order valence-electron chi connectivity index (χ1n) is 7.23. The van der Waals surface area contributed by atoms with Crippen molar-refractivity contribution in [2.24, 2.45) is 0 Å². The number of para-hydroxylation sites is 1. The number of hydrogen-bond acceptors (Lipinski definition) is 3. The number of nitro groups is 1. The summed E-state index contributed by atoms with van der Waals surface area (Å²) in [5.74, 6) is -0.451. The van der Waals surface area contributed by atoms with Gasteiger partial charge in [0.1, 0.15) is 5.56 Å². The second kappa shape index (κ2) is 5.60. The van der Waals surface area contributed by atoms with E-state index in [9.17, 15) is 14.9 Å². The van der Waals surface area contributed by atoms with Crippen molar-refractivity contribution in [3.63, 3.8) is 0 Å². The zero-order valence-corrected chi connectivity index (χ0v) is 12.3. The maximum absolute atomic E-state index is 12.4. The summed E-state index contributed by atoms with van der Waals surface area (Å²) in [6.07, 6.45) is 3.23. The van der Waals surface area contributed by atoms with Crippen LogP contribution < -0.4 is 5.32 Å². The lowest BCUT2D eigenvalue weighted by atomic mass is 10.1. The standard InChI is InChI=1S/C17H16N2O3/c1-11-4-2-7-15(16(11)19(21)22)17(20)18-14-9-8-12-5-3-6-13(12)10-14/h2,4,7-10H,3,5-6H2,1H3,(H,18,20). The molecule has 5 heteroatoms. The molecular weight excluding hydrogens is 280 g/mol. The monoisotopic (exact) mass is 296 g/mol. The van der Waals surface area contributed by atoms with E-state index in [4.69, 9.17) is 0 Å². The van der Waals surface area contributed by atoms with E-state index in [1.165, 1.54) is 17.2 Å². The first kappa shape index (κ1) is 14.3. The number of amides is 1. The molecule has 0 saturated carbocycles. The van der Waals surface area contributed by atoms with Gasteiger partial charge in [-0.25, -0.2) is 0 Å². The summed E-state index contributed by atoms with van der Waals surface area (Å²) >= 11 is 0. The van der Waals surface area contributed by atoms with Crippen LogP contribution in [0.2, 0.25) is 0 Å². The minimum atomic E-state index is -0.507. The molecule has 1 N–H and O–H groups in total. The SMILES string of the molecule is Cc1cccc(C(=O)Nc2ccc3c(c2)CCC3)c1[N+](=O)[O-]. The Morgan fingerprint density at radius 3 is 2.73 bits per heavy atom. The third-order valence-electron chi connectivity index (χ3n) is 4.02. The number of rotatable bonds is 3. The van der Waals surface area contributed by atoms with Crippen LogP contribution in [-0.2, 0) is 12.8 Å². The molecule has 3 rings (SSSR count). The Morgan fingerprint density at radius 1 is 1.18 bits per heavy atom. The van der Waals surface area contributed by atoms with Gasteiger partial charge < -0.3 is 5.32 Å². The van der Waals surface area contributed by atoms with Crippen molar-refractivity contribution < 1.29 is 9.72 Å². The molecule has 0 spiro atoms. The summed E-state index contributed by atoms with van der Waals surface area (Å²) in [4.78, 5) is 23.0. The van der Waals surface area contributed by atoms with E-state index in [-0.39, 0.29) is 11.3 Å². The van der Waals surface area contributed by atoms with Gasteiger partial charge in [0.2, 0.25) is 0 Å². The number of benzene rings is 2. The van der Waals surface area contributed by atoms with Crippen molar-refractivity contribution in [1.82, 2.24) is 0 Å². The lowest BCUT2D eigenvalue weighted by molar-refractivity contribution is -0.385. The van der Waals surface area contributed by atoms with Gasteiger partial charge in [-0.1, -0.05) is 18.2 Å². The second-order valence-corrected chi connectivity index (χ2v) is 5.52. The van der Waals surface area contributed by atoms with Gasteiger partial charge in [0.25, 0.3) is 11.6 Å². The largest absolute Gasteiger partial charge is 0.322 e. The molecule has 0 unspecified atom stereocenters. The smallest absolute Gasteiger partial charge is 0.285 e. The fraction of sp³-hybridized carbons (Fsp3) is 0.235. The van der Waals surface area contributed by atoms with Gasteiger partial charge in [0.15, 0.2) is 0 Å². The molecule has 0 saturated heterocycles. The maximum Gasteiger partial charge on any atom is 0.285 e. The zero-order valence-electron chi connectivity index (χ0n) is 12.3. The van der Waals surface area contributed by atoms with Crippen LogP contribution in [0.1, 0.15) is 33.5 Å². The second-order valence-electron chi connectivity index (χ2n) is 5.52. The molecule has 112 valence electrons. The first-order chi connectivity index (χ1) is 10.6. The molecule has 2 aromatic carbocycles. The molecule has 1 amide bonds. The normalized spacial score (nSPS) is 12.8. The molecule has 2 aromatic rings. The van der Waals surface area contributed by atoms with Gasteiger partial charge in [0, 0.05) is 11.3 Å². The van der Waals surface area contributed by atoms with Crippen LogP contribution in [0.15, 0.2) is 36.4 Å². The maximum atomic E-state index is 12.4. The average molecular weight is 296 g/mol. The minimum Gasteiger partial charge on any atom is -0.322 e. The van der Waals surface area contributed by atoms with E-state index in [1.807, 2.05) is 18.2 Å². The van der Waals surface area contributed by atoms with Crippen molar-refractivity contribution >= 4 is 17.3 Å². The van der Waals surface area contributed by atoms with Crippen LogP contribution in [0.3, 0.4) is 0 Å². The Balaban J connectivity index is 1.89. The zero-order chi connectivity index (χ0) is 15.7. The number of carbonyl (C=O) groups is 1. The number of hydrogen-bond donors (Lipinski definition) is 1. The van der Waals surface area contributed by atoms with E-state index in [1.54, 1.807) is 19.1 Å². The highest BCUT2D eigenvalue weighted by molar-refractivity contribution is 6.07. The molecule has 0 radical (unpaired) electrons. The molecular formula is C17H16N2O3. The van der Waals surface area contributed by atoms with E-state index in [0.29, 0.717) is 11.3 Å². The Kier molecular flexibility index (Phi) is 3.63. The highest BCUT2D eigenvalue weighted by Crippen LogP contribution is 2.27.